The molecular formula is C31H46O4. The first-order valence-corrected chi connectivity index (χ1v) is 14.3. The zero-order valence-electron chi connectivity index (χ0n) is 22.0. The van der Waals surface area contributed by atoms with Gasteiger partial charge >= 0.3 is 5.97 Å². The zero-order chi connectivity index (χ0) is 24.8. The summed E-state index contributed by atoms with van der Waals surface area (Å²) >= 11 is 0. The number of rotatable bonds is 6. The van der Waals surface area contributed by atoms with E-state index >= 15 is 0 Å². The Hall–Kier alpha value is -1.55. The highest BCUT2D eigenvalue weighted by Gasteiger charge is 2.60. The maximum Gasteiger partial charge on any atom is 0.306 e. The molecule has 4 saturated carbocycles. The van der Waals surface area contributed by atoms with Crippen LogP contribution in [0.3, 0.4) is 0 Å². The van der Waals surface area contributed by atoms with Gasteiger partial charge in [-0.15, -0.1) is 0 Å². The normalized spacial score (nSPS) is 41.4. The monoisotopic (exact) mass is 482 g/mol. The number of esters is 1. The molecular weight excluding hydrogens is 436 g/mol. The van der Waals surface area contributed by atoms with Crippen molar-refractivity contribution in [3.05, 3.63) is 29.8 Å². The summed E-state index contributed by atoms with van der Waals surface area (Å²) in [4.78, 5) is 12.5. The van der Waals surface area contributed by atoms with Gasteiger partial charge < -0.3 is 14.9 Å². The molecule has 2 N–H and O–H groups in total. The fourth-order valence-corrected chi connectivity index (χ4v) is 9.64. The third-order valence-corrected chi connectivity index (χ3v) is 11.5. The Bertz CT molecular complexity index is 913. The van der Waals surface area contributed by atoms with E-state index in [1.54, 1.807) is 18.2 Å². The predicted molar refractivity (Wildman–Crippen MR) is 138 cm³/mol. The highest BCUT2D eigenvalue weighted by molar-refractivity contribution is 5.69. The second kappa shape index (κ2) is 9.72. The zero-order valence-corrected chi connectivity index (χ0v) is 22.0. The minimum Gasteiger partial charge on any atom is -0.508 e. The smallest absolute Gasteiger partial charge is 0.306 e. The molecule has 4 nitrogen and oxygen atoms in total. The lowest BCUT2D eigenvalue weighted by molar-refractivity contribution is -0.145. The Morgan fingerprint density at radius 1 is 1.06 bits per heavy atom. The number of aliphatic hydroxyl groups excluding tert-OH is 1. The summed E-state index contributed by atoms with van der Waals surface area (Å²) in [5.41, 5.74) is 1.67. The van der Waals surface area contributed by atoms with Gasteiger partial charge in [0.15, 0.2) is 0 Å². The van der Waals surface area contributed by atoms with Gasteiger partial charge in [0.1, 0.15) is 12.4 Å². The summed E-state index contributed by atoms with van der Waals surface area (Å²) < 4.78 is 5.50. The average molecular weight is 483 g/mol. The number of phenols is 1. The van der Waals surface area contributed by atoms with Gasteiger partial charge in [-0.2, -0.15) is 0 Å². The Morgan fingerprint density at radius 2 is 1.83 bits per heavy atom. The van der Waals surface area contributed by atoms with Gasteiger partial charge in [-0.25, -0.2) is 0 Å². The molecule has 0 saturated heterocycles. The first-order chi connectivity index (χ1) is 16.7. The Morgan fingerprint density at radius 3 is 2.63 bits per heavy atom. The van der Waals surface area contributed by atoms with Crippen LogP contribution in [0.2, 0.25) is 0 Å². The number of fused-ring (bicyclic) bond motifs is 5. The summed E-state index contributed by atoms with van der Waals surface area (Å²) in [6.07, 6.45) is 12.6. The molecule has 0 bridgehead atoms. The molecule has 5 rings (SSSR count). The molecule has 0 heterocycles. The maximum atomic E-state index is 12.5. The Balaban J connectivity index is 1.17. The molecule has 194 valence electrons. The topological polar surface area (TPSA) is 66.8 Å². The molecule has 0 aliphatic heterocycles. The number of hydrogen-bond acceptors (Lipinski definition) is 4. The van der Waals surface area contributed by atoms with Crippen LogP contribution < -0.4 is 0 Å². The van der Waals surface area contributed by atoms with Gasteiger partial charge in [0.2, 0.25) is 0 Å². The molecule has 0 spiro atoms. The summed E-state index contributed by atoms with van der Waals surface area (Å²) in [7, 11) is 0. The van der Waals surface area contributed by atoms with E-state index in [-0.39, 0.29) is 24.4 Å². The van der Waals surface area contributed by atoms with Crippen molar-refractivity contribution in [2.24, 2.45) is 46.3 Å². The minimum absolute atomic E-state index is 0.0678. The van der Waals surface area contributed by atoms with Gasteiger partial charge in [-0.05, 0) is 128 Å². The molecule has 9 atom stereocenters. The van der Waals surface area contributed by atoms with Crippen LogP contribution in [-0.4, -0.2) is 22.3 Å². The van der Waals surface area contributed by atoms with Crippen LogP contribution in [0.15, 0.2) is 24.3 Å². The second-order valence-electron chi connectivity index (χ2n) is 13.2. The highest BCUT2D eigenvalue weighted by Crippen LogP contribution is 2.68. The molecule has 0 radical (unpaired) electrons. The summed E-state index contributed by atoms with van der Waals surface area (Å²) in [6.45, 7) is 7.75. The van der Waals surface area contributed by atoms with E-state index in [4.69, 9.17) is 4.74 Å². The van der Waals surface area contributed by atoms with Gasteiger partial charge in [0, 0.05) is 6.42 Å². The van der Waals surface area contributed by atoms with E-state index in [9.17, 15) is 15.0 Å². The predicted octanol–water partition coefficient (Wildman–Crippen LogP) is 6.87. The summed E-state index contributed by atoms with van der Waals surface area (Å²) in [6, 6.07) is 6.92. The number of carbonyl (C=O) groups excluding carboxylic acids is 1. The van der Waals surface area contributed by atoms with E-state index < -0.39 is 0 Å². The van der Waals surface area contributed by atoms with Gasteiger partial charge in [-0.1, -0.05) is 32.9 Å². The first-order valence-electron chi connectivity index (χ1n) is 14.3. The fourth-order valence-electron chi connectivity index (χ4n) is 9.64. The number of benzene rings is 1. The lowest BCUT2D eigenvalue weighted by Gasteiger charge is -2.61. The molecule has 1 aromatic rings. The molecule has 4 fully saturated rings. The van der Waals surface area contributed by atoms with Crippen LogP contribution in [-0.2, 0) is 16.1 Å². The summed E-state index contributed by atoms with van der Waals surface area (Å²) in [5.74, 6) is 4.55. The van der Waals surface area contributed by atoms with E-state index in [0.29, 0.717) is 29.1 Å². The van der Waals surface area contributed by atoms with Crippen molar-refractivity contribution in [3.8, 4) is 5.75 Å². The van der Waals surface area contributed by atoms with Crippen molar-refractivity contribution in [3.63, 3.8) is 0 Å². The standard InChI is InChI=1S/C31H46O4/c1-20(7-12-29(34)35-19-21-5-4-6-23(32)17-21)26-10-11-27-25-9-8-22-18-24(33)13-15-30(22,2)28(25)14-16-31(26,27)3/h4-6,17,20,22,24-28,32-33H,7-16,18-19H2,1-3H3/t20-,22-,24-,25+,26-,27+,28+,30+,31-/m1/s1. The van der Waals surface area contributed by atoms with Crippen LogP contribution in [0.25, 0.3) is 0 Å². The lowest BCUT2D eigenvalue weighted by Crippen LogP contribution is -2.54. The van der Waals surface area contributed by atoms with E-state index in [0.717, 1.165) is 48.5 Å². The minimum atomic E-state index is -0.130. The van der Waals surface area contributed by atoms with Gasteiger partial charge in [0.25, 0.3) is 0 Å². The molecule has 4 heteroatoms. The number of carbonyl (C=O) groups is 1. The van der Waals surface area contributed by atoms with Crippen molar-refractivity contribution in [2.45, 2.75) is 104 Å². The summed E-state index contributed by atoms with van der Waals surface area (Å²) in [5, 5.41) is 19.9. The van der Waals surface area contributed by atoms with Crippen LogP contribution in [0.4, 0.5) is 0 Å². The molecule has 0 unspecified atom stereocenters. The fraction of sp³-hybridized carbons (Fsp3) is 0.774. The average Bonchev–Trinajstić information content (AvgIpc) is 3.19. The van der Waals surface area contributed by atoms with Crippen LogP contribution in [0.1, 0.15) is 97.0 Å². The number of aromatic hydroxyl groups is 1. The van der Waals surface area contributed by atoms with Crippen LogP contribution >= 0.6 is 0 Å². The van der Waals surface area contributed by atoms with Crippen LogP contribution in [0.5, 0.6) is 5.75 Å². The van der Waals surface area contributed by atoms with Crippen molar-refractivity contribution in [2.75, 3.05) is 0 Å². The quantitative estimate of drug-likeness (QED) is 0.434. The Kier molecular flexibility index (Phi) is 6.98. The van der Waals surface area contributed by atoms with Crippen molar-refractivity contribution in [1.82, 2.24) is 0 Å². The largest absolute Gasteiger partial charge is 0.508 e. The number of ether oxygens (including phenoxy) is 1. The molecule has 0 amide bonds. The molecule has 35 heavy (non-hydrogen) atoms. The third-order valence-electron chi connectivity index (χ3n) is 11.5. The second-order valence-corrected chi connectivity index (χ2v) is 13.2. The molecule has 4 aliphatic rings. The van der Waals surface area contributed by atoms with Gasteiger partial charge in [-0.3, -0.25) is 4.79 Å². The highest BCUT2D eigenvalue weighted by atomic mass is 16.5. The number of aliphatic hydroxyl groups is 1. The molecule has 4 aliphatic carbocycles. The van der Waals surface area contributed by atoms with E-state index in [1.807, 2.05) is 6.07 Å². The van der Waals surface area contributed by atoms with Crippen molar-refractivity contribution >= 4 is 5.97 Å². The van der Waals surface area contributed by atoms with E-state index in [1.165, 1.54) is 44.9 Å². The van der Waals surface area contributed by atoms with Crippen molar-refractivity contribution < 1.29 is 19.7 Å². The van der Waals surface area contributed by atoms with Gasteiger partial charge in [0.05, 0.1) is 6.10 Å². The first kappa shape index (κ1) is 25.1. The SMILES string of the molecule is C[C@H](CCC(=O)OCc1cccc(O)c1)[C@H]1CC[C@H]2[C@@H]3CC[C@@H]4C[C@H](O)CC[C@]4(C)[C@H]3CC[C@]12C. The van der Waals surface area contributed by atoms with Crippen molar-refractivity contribution in [1.29, 1.82) is 0 Å². The Labute approximate surface area is 211 Å². The molecule has 1 aromatic carbocycles. The number of hydrogen-bond donors (Lipinski definition) is 2. The third kappa shape index (κ3) is 4.65. The van der Waals surface area contributed by atoms with Crippen LogP contribution in [0, 0.1) is 46.3 Å². The lowest BCUT2D eigenvalue weighted by atomic mass is 9.44. The number of phenolic OH excluding ortho intramolecular Hbond substituents is 1. The molecule has 0 aromatic heterocycles. The van der Waals surface area contributed by atoms with E-state index in [2.05, 4.69) is 20.8 Å². The maximum absolute atomic E-state index is 12.5.